The lowest BCUT2D eigenvalue weighted by Gasteiger charge is -2.39. The Labute approximate surface area is 110 Å². The quantitative estimate of drug-likeness (QED) is 0.798. The van der Waals surface area contributed by atoms with E-state index in [1.807, 2.05) is 0 Å². The minimum atomic E-state index is -3.34. The molecule has 1 saturated carbocycles. The van der Waals surface area contributed by atoms with E-state index in [2.05, 4.69) is 11.6 Å². The van der Waals surface area contributed by atoms with Crippen LogP contribution < -0.4 is 10.5 Å². The highest BCUT2D eigenvalue weighted by atomic mass is 32.2. The minimum absolute atomic E-state index is 0.396. The van der Waals surface area contributed by atoms with Gasteiger partial charge in [0, 0.05) is 25.2 Å². The summed E-state index contributed by atoms with van der Waals surface area (Å²) in [5.41, 5.74) is 5.44. The van der Waals surface area contributed by atoms with Crippen molar-refractivity contribution in [2.75, 3.05) is 19.6 Å². The third kappa shape index (κ3) is 3.04. The van der Waals surface area contributed by atoms with E-state index in [4.69, 9.17) is 5.73 Å². The first-order chi connectivity index (χ1) is 8.47. The average Bonchev–Trinajstić information content (AvgIpc) is 2.87. The smallest absolute Gasteiger partial charge is 0.279 e. The average molecular weight is 275 g/mol. The van der Waals surface area contributed by atoms with Crippen LogP contribution in [0.4, 0.5) is 0 Å². The van der Waals surface area contributed by atoms with Crippen molar-refractivity contribution in [2.45, 2.75) is 51.0 Å². The van der Waals surface area contributed by atoms with Crippen LogP contribution >= 0.6 is 0 Å². The Morgan fingerprint density at radius 1 is 1.28 bits per heavy atom. The van der Waals surface area contributed by atoms with Gasteiger partial charge < -0.3 is 5.73 Å². The number of hydrogen-bond acceptors (Lipinski definition) is 3. The molecule has 0 spiro atoms. The van der Waals surface area contributed by atoms with E-state index in [0.717, 1.165) is 38.5 Å². The van der Waals surface area contributed by atoms with Crippen LogP contribution in [0.25, 0.3) is 0 Å². The Kier molecular flexibility index (Phi) is 4.31. The van der Waals surface area contributed by atoms with Crippen LogP contribution in [0.2, 0.25) is 0 Å². The molecule has 0 radical (unpaired) electrons. The lowest BCUT2D eigenvalue weighted by atomic mass is 9.78. The van der Waals surface area contributed by atoms with Crippen molar-refractivity contribution in [3.8, 4) is 0 Å². The highest BCUT2D eigenvalue weighted by molar-refractivity contribution is 7.87. The number of hydrogen-bond donors (Lipinski definition) is 2. The molecule has 2 fully saturated rings. The molecule has 2 aliphatic rings. The summed E-state index contributed by atoms with van der Waals surface area (Å²) in [4.78, 5) is 0. The molecule has 0 aromatic carbocycles. The number of rotatable bonds is 4. The van der Waals surface area contributed by atoms with Crippen molar-refractivity contribution < 1.29 is 8.42 Å². The van der Waals surface area contributed by atoms with Crippen LogP contribution in [0.5, 0.6) is 0 Å². The standard InChI is InChI=1S/C12H25N3O2S/c1-11-4-6-12(10-13,7-5-11)14-18(16,17)15-8-2-3-9-15/h11,14H,2-10,13H2,1H3. The van der Waals surface area contributed by atoms with Crippen molar-refractivity contribution in [2.24, 2.45) is 11.7 Å². The molecular formula is C12H25N3O2S. The summed E-state index contributed by atoms with van der Waals surface area (Å²) in [6, 6.07) is 0. The summed E-state index contributed by atoms with van der Waals surface area (Å²) < 4.78 is 29.1. The first-order valence-corrected chi connectivity index (χ1v) is 8.41. The maximum absolute atomic E-state index is 12.3. The summed E-state index contributed by atoms with van der Waals surface area (Å²) in [6.45, 7) is 3.90. The second kappa shape index (κ2) is 5.45. The minimum Gasteiger partial charge on any atom is -0.329 e. The van der Waals surface area contributed by atoms with Gasteiger partial charge in [-0.2, -0.15) is 17.4 Å². The molecule has 1 aliphatic carbocycles. The van der Waals surface area contributed by atoms with Crippen molar-refractivity contribution in [1.82, 2.24) is 9.03 Å². The van der Waals surface area contributed by atoms with E-state index < -0.39 is 15.7 Å². The zero-order chi connectivity index (χ0) is 13.2. The molecule has 18 heavy (non-hydrogen) atoms. The molecule has 1 saturated heterocycles. The van der Waals surface area contributed by atoms with E-state index >= 15 is 0 Å². The molecule has 0 unspecified atom stereocenters. The molecule has 0 aromatic rings. The molecule has 0 bridgehead atoms. The second-order valence-electron chi connectivity index (χ2n) is 5.88. The van der Waals surface area contributed by atoms with Crippen LogP contribution in [0.3, 0.4) is 0 Å². The lowest BCUT2D eigenvalue weighted by molar-refractivity contribution is 0.227. The predicted molar refractivity (Wildman–Crippen MR) is 72.3 cm³/mol. The van der Waals surface area contributed by atoms with Gasteiger partial charge in [-0.25, -0.2) is 0 Å². The molecule has 5 nitrogen and oxygen atoms in total. The van der Waals surface area contributed by atoms with Crippen molar-refractivity contribution in [3.63, 3.8) is 0 Å². The zero-order valence-electron chi connectivity index (χ0n) is 11.2. The Morgan fingerprint density at radius 2 is 1.83 bits per heavy atom. The molecule has 2 rings (SSSR count). The highest BCUT2D eigenvalue weighted by Crippen LogP contribution is 2.32. The molecule has 0 amide bonds. The van der Waals surface area contributed by atoms with E-state index in [9.17, 15) is 8.42 Å². The van der Waals surface area contributed by atoms with E-state index in [1.54, 1.807) is 4.31 Å². The zero-order valence-corrected chi connectivity index (χ0v) is 12.0. The fourth-order valence-corrected chi connectivity index (χ4v) is 4.63. The van der Waals surface area contributed by atoms with E-state index in [1.165, 1.54) is 0 Å². The maximum atomic E-state index is 12.3. The fraction of sp³-hybridized carbons (Fsp3) is 1.00. The van der Waals surface area contributed by atoms with Gasteiger partial charge in [0.05, 0.1) is 0 Å². The summed E-state index contributed by atoms with van der Waals surface area (Å²) in [5, 5.41) is 0. The molecule has 0 atom stereocenters. The Hall–Kier alpha value is -0.170. The van der Waals surface area contributed by atoms with E-state index in [0.29, 0.717) is 25.6 Å². The van der Waals surface area contributed by atoms with E-state index in [-0.39, 0.29) is 0 Å². The van der Waals surface area contributed by atoms with Crippen LogP contribution in [0.1, 0.15) is 45.4 Å². The topological polar surface area (TPSA) is 75.4 Å². The highest BCUT2D eigenvalue weighted by Gasteiger charge is 2.38. The van der Waals surface area contributed by atoms with Gasteiger partial charge >= 0.3 is 0 Å². The van der Waals surface area contributed by atoms with Gasteiger partial charge in [-0.1, -0.05) is 6.92 Å². The maximum Gasteiger partial charge on any atom is 0.279 e. The Balaban J connectivity index is 2.05. The Bertz CT molecular complexity index is 369. The van der Waals surface area contributed by atoms with Crippen molar-refractivity contribution >= 4 is 10.2 Å². The van der Waals surface area contributed by atoms with Crippen LogP contribution in [-0.4, -0.2) is 37.9 Å². The molecule has 6 heteroatoms. The summed E-state index contributed by atoms with van der Waals surface area (Å²) >= 11 is 0. The van der Waals surface area contributed by atoms with Gasteiger partial charge in [-0.15, -0.1) is 0 Å². The normalized spacial score (nSPS) is 34.9. The molecular weight excluding hydrogens is 250 g/mol. The third-order valence-corrected chi connectivity index (χ3v) is 6.11. The molecule has 1 heterocycles. The summed E-state index contributed by atoms with van der Waals surface area (Å²) in [6.07, 6.45) is 5.76. The predicted octanol–water partition coefficient (Wildman–Crippen LogP) is 0.824. The number of nitrogens with two attached hydrogens (primary N) is 1. The SMILES string of the molecule is CC1CCC(CN)(NS(=O)(=O)N2CCCC2)CC1. The molecule has 0 aromatic heterocycles. The van der Waals surface area contributed by atoms with Gasteiger partial charge in [-0.05, 0) is 44.4 Å². The summed E-state index contributed by atoms with van der Waals surface area (Å²) in [5.74, 6) is 0.681. The molecule has 106 valence electrons. The monoisotopic (exact) mass is 275 g/mol. The van der Waals surface area contributed by atoms with Gasteiger partial charge in [-0.3, -0.25) is 0 Å². The van der Waals surface area contributed by atoms with Gasteiger partial charge in [0.25, 0.3) is 10.2 Å². The largest absolute Gasteiger partial charge is 0.329 e. The lowest BCUT2D eigenvalue weighted by Crippen LogP contribution is -2.58. The van der Waals surface area contributed by atoms with Crippen molar-refractivity contribution in [3.05, 3.63) is 0 Å². The van der Waals surface area contributed by atoms with Crippen LogP contribution in [0, 0.1) is 5.92 Å². The first kappa shape index (κ1) is 14.2. The molecule has 3 N–H and O–H groups in total. The van der Waals surface area contributed by atoms with Gasteiger partial charge in [0.15, 0.2) is 0 Å². The van der Waals surface area contributed by atoms with Gasteiger partial charge in [0.2, 0.25) is 0 Å². The third-order valence-electron chi connectivity index (χ3n) is 4.37. The second-order valence-corrected chi connectivity index (χ2v) is 7.55. The van der Waals surface area contributed by atoms with Crippen LogP contribution in [0.15, 0.2) is 0 Å². The molecule has 1 aliphatic heterocycles. The Morgan fingerprint density at radius 3 is 2.33 bits per heavy atom. The number of nitrogens with one attached hydrogen (secondary N) is 1. The number of nitrogens with zero attached hydrogens (tertiary/aromatic N) is 1. The fourth-order valence-electron chi connectivity index (χ4n) is 2.93. The summed E-state index contributed by atoms with van der Waals surface area (Å²) in [7, 11) is -3.34. The van der Waals surface area contributed by atoms with Crippen LogP contribution in [-0.2, 0) is 10.2 Å². The van der Waals surface area contributed by atoms with Gasteiger partial charge in [0.1, 0.15) is 0 Å². The van der Waals surface area contributed by atoms with Crippen molar-refractivity contribution in [1.29, 1.82) is 0 Å². The first-order valence-electron chi connectivity index (χ1n) is 6.97.